The van der Waals surface area contributed by atoms with E-state index in [9.17, 15) is 9.59 Å². The number of carbonyl (C=O) groups excluding carboxylic acids is 2. The van der Waals surface area contributed by atoms with E-state index in [1.54, 1.807) is 54.6 Å². The van der Waals surface area contributed by atoms with Gasteiger partial charge in [-0.1, -0.05) is 35.9 Å². The Kier molecular flexibility index (Phi) is 4.83. The Morgan fingerprint density at radius 2 is 1.43 bits per heavy atom. The van der Waals surface area contributed by atoms with Gasteiger partial charge >= 0.3 is 0 Å². The van der Waals surface area contributed by atoms with Gasteiger partial charge in [0, 0.05) is 27.3 Å². The van der Waals surface area contributed by atoms with Gasteiger partial charge in [0.05, 0.1) is 0 Å². The van der Waals surface area contributed by atoms with Crippen LogP contribution in [0.2, 0.25) is 5.02 Å². The van der Waals surface area contributed by atoms with Gasteiger partial charge in [0.2, 0.25) is 0 Å². The summed E-state index contributed by atoms with van der Waals surface area (Å²) in [5.74, 6) is -0.368. The topological polar surface area (TPSA) is 71.3 Å². The van der Waals surface area contributed by atoms with E-state index in [-0.39, 0.29) is 17.6 Å². The molecule has 4 aromatic rings. The van der Waals surface area contributed by atoms with Crippen LogP contribution < -0.4 is 10.6 Å². The molecule has 2 N–H and O–H groups in total. The number of carbonyl (C=O) groups is 2. The van der Waals surface area contributed by atoms with Gasteiger partial charge in [-0.15, -0.1) is 0 Å². The molecule has 0 aliphatic carbocycles. The second-order valence-corrected chi connectivity index (χ2v) is 6.58. The average Bonchev–Trinajstić information content (AvgIpc) is 3.14. The Labute approximate surface area is 165 Å². The minimum atomic E-state index is -0.341. The van der Waals surface area contributed by atoms with Crippen molar-refractivity contribution in [3.05, 3.63) is 95.2 Å². The van der Waals surface area contributed by atoms with Crippen LogP contribution in [0.15, 0.2) is 83.3 Å². The molecule has 138 valence electrons. The number of halogens is 1. The fraction of sp³-hybridized carbons (Fsp3) is 0. The highest BCUT2D eigenvalue weighted by Crippen LogP contribution is 2.21. The fourth-order valence-corrected chi connectivity index (χ4v) is 2.95. The predicted molar refractivity (Wildman–Crippen MR) is 110 cm³/mol. The van der Waals surface area contributed by atoms with E-state index in [1.165, 1.54) is 0 Å². The van der Waals surface area contributed by atoms with E-state index in [1.807, 2.05) is 24.3 Å². The largest absolute Gasteiger partial charge is 0.451 e. The van der Waals surface area contributed by atoms with E-state index in [4.69, 9.17) is 16.0 Å². The zero-order chi connectivity index (χ0) is 19.5. The molecule has 1 heterocycles. The molecule has 0 saturated carbocycles. The number of para-hydroxylation sites is 1. The summed E-state index contributed by atoms with van der Waals surface area (Å²) in [6.45, 7) is 0. The van der Waals surface area contributed by atoms with Gasteiger partial charge in [0.25, 0.3) is 11.8 Å². The number of amides is 2. The lowest BCUT2D eigenvalue weighted by atomic mass is 10.2. The first-order valence-electron chi connectivity index (χ1n) is 8.55. The Balaban J connectivity index is 1.42. The van der Waals surface area contributed by atoms with E-state index in [0.29, 0.717) is 27.5 Å². The maximum absolute atomic E-state index is 12.4. The van der Waals surface area contributed by atoms with Crippen LogP contribution in [0.4, 0.5) is 11.4 Å². The molecular formula is C22H15ClN2O3. The van der Waals surface area contributed by atoms with Crippen molar-refractivity contribution in [3.63, 3.8) is 0 Å². The van der Waals surface area contributed by atoms with Crippen molar-refractivity contribution in [2.45, 2.75) is 0 Å². The lowest BCUT2D eigenvalue weighted by Crippen LogP contribution is -2.12. The number of fused-ring (bicyclic) bond motifs is 1. The molecule has 0 unspecified atom stereocenters. The van der Waals surface area contributed by atoms with Crippen molar-refractivity contribution in [1.29, 1.82) is 0 Å². The summed E-state index contributed by atoms with van der Waals surface area (Å²) in [6, 6.07) is 22.6. The number of nitrogens with one attached hydrogen (secondary N) is 2. The van der Waals surface area contributed by atoms with Crippen molar-refractivity contribution in [2.75, 3.05) is 10.6 Å². The van der Waals surface area contributed by atoms with E-state index in [2.05, 4.69) is 10.6 Å². The van der Waals surface area contributed by atoms with Crippen LogP contribution in [0.25, 0.3) is 11.0 Å². The third-order valence-corrected chi connectivity index (χ3v) is 4.37. The molecule has 0 saturated heterocycles. The van der Waals surface area contributed by atoms with Crippen LogP contribution in [-0.4, -0.2) is 11.8 Å². The van der Waals surface area contributed by atoms with Crippen molar-refractivity contribution >= 4 is 45.8 Å². The Bertz CT molecular complexity index is 1130. The first-order chi connectivity index (χ1) is 13.6. The highest BCUT2D eigenvalue weighted by atomic mass is 35.5. The molecule has 0 aliphatic heterocycles. The van der Waals surface area contributed by atoms with Crippen molar-refractivity contribution < 1.29 is 14.0 Å². The van der Waals surface area contributed by atoms with Crippen LogP contribution in [0.3, 0.4) is 0 Å². The van der Waals surface area contributed by atoms with Crippen LogP contribution in [0.1, 0.15) is 20.9 Å². The SMILES string of the molecule is O=C(Nc1ccc(NC(=O)c2cc3ccccc3o2)cc1)c1cccc(Cl)c1. The van der Waals surface area contributed by atoms with Crippen molar-refractivity contribution in [1.82, 2.24) is 0 Å². The lowest BCUT2D eigenvalue weighted by molar-refractivity contribution is 0.0996. The zero-order valence-electron chi connectivity index (χ0n) is 14.6. The summed E-state index contributed by atoms with van der Waals surface area (Å²) in [4.78, 5) is 24.6. The summed E-state index contributed by atoms with van der Waals surface area (Å²) in [6.07, 6.45) is 0. The maximum Gasteiger partial charge on any atom is 0.291 e. The fourth-order valence-electron chi connectivity index (χ4n) is 2.76. The summed E-state index contributed by atoms with van der Waals surface area (Å²) < 4.78 is 5.56. The smallest absolute Gasteiger partial charge is 0.291 e. The molecule has 6 heteroatoms. The van der Waals surface area contributed by atoms with Gasteiger partial charge in [0.1, 0.15) is 5.58 Å². The predicted octanol–water partition coefficient (Wildman–Crippen LogP) is 5.59. The molecule has 1 aromatic heterocycles. The molecule has 0 fully saturated rings. The molecule has 0 aliphatic rings. The minimum absolute atomic E-state index is 0.236. The van der Waals surface area contributed by atoms with Gasteiger partial charge in [-0.05, 0) is 54.6 Å². The van der Waals surface area contributed by atoms with Gasteiger partial charge in [0.15, 0.2) is 5.76 Å². The second kappa shape index (κ2) is 7.58. The van der Waals surface area contributed by atoms with Crippen LogP contribution >= 0.6 is 11.6 Å². The quantitative estimate of drug-likeness (QED) is 0.477. The number of hydrogen-bond acceptors (Lipinski definition) is 3. The Morgan fingerprint density at radius 1 is 0.750 bits per heavy atom. The van der Waals surface area contributed by atoms with Gasteiger partial charge in [-0.25, -0.2) is 0 Å². The molecule has 0 atom stereocenters. The van der Waals surface area contributed by atoms with Gasteiger partial charge < -0.3 is 15.1 Å². The Morgan fingerprint density at radius 3 is 2.11 bits per heavy atom. The van der Waals surface area contributed by atoms with Crippen molar-refractivity contribution in [3.8, 4) is 0 Å². The summed E-state index contributed by atoms with van der Waals surface area (Å²) >= 11 is 5.91. The zero-order valence-corrected chi connectivity index (χ0v) is 15.4. The molecule has 5 nitrogen and oxygen atoms in total. The van der Waals surface area contributed by atoms with E-state index in [0.717, 1.165) is 5.39 Å². The summed E-state index contributed by atoms with van der Waals surface area (Å²) in [5, 5.41) is 6.93. The molecule has 4 rings (SSSR count). The van der Waals surface area contributed by atoms with Gasteiger partial charge in [-0.2, -0.15) is 0 Å². The van der Waals surface area contributed by atoms with Crippen LogP contribution in [-0.2, 0) is 0 Å². The first-order valence-corrected chi connectivity index (χ1v) is 8.93. The first kappa shape index (κ1) is 17.8. The summed E-state index contributed by atoms with van der Waals surface area (Å²) in [7, 11) is 0. The lowest BCUT2D eigenvalue weighted by Gasteiger charge is -2.07. The molecule has 0 bridgehead atoms. The molecule has 0 radical (unpaired) electrons. The number of rotatable bonds is 4. The van der Waals surface area contributed by atoms with Crippen molar-refractivity contribution in [2.24, 2.45) is 0 Å². The van der Waals surface area contributed by atoms with Crippen LogP contribution in [0.5, 0.6) is 0 Å². The molecular weight excluding hydrogens is 376 g/mol. The number of benzene rings is 3. The number of hydrogen-bond donors (Lipinski definition) is 2. The molecule has 3 aromatic carbocycles. The molecule has 2 amide bonds. The minimum Gasteiger partial charge on any atom is -0.451 e. The number of furan rings is 1. The third-order valence-electron chi connectivity index (χ3n) is 4.14. The summed E-state index contributed by atoms with van der Waals surface area (Å²) in [5.41, 5.74) is 2.32. The number of anilines is 2. The highest BCUT2D eigenvalue weighted by molar-refractivity contribution is 6.31. The monoisotopic (exact) mass is 390 g/mol. The molecule has 0 spiro atoms. The highest BCUT2D eigenvalue weighted by Gasteiger charge is 2.12. The normalized spacial score (nSPS) is 10.6. The maximum atomic E-state index is 12.4. The van der Waals surface area contributed by atoms with Crippen LogP contribution in [0, 0.1) is 0 Å². The standard InChI is InChI=1S/C22H15ClN2O3/c23-16-6-3-5-15(12-16)21(26)24-17-8-10-18(11-9-17)25-22(27)20-13-14-4-1-2-7-19(14)28-20/h1-13H,(H,24,26)(H,25,27). The van der Waals surface area contributed by atoms with E-state index < -0.39 is 0 Å². The average molecular weight is 391 g/mol. The molecule has 28 heavy (non-hydrogen) atoms. The third kappa shape index (κ3) is 3.89. The Hall–Kier alpha value is -3.57. The second-order valence-electron chi connectivity index (χ2n) is 6.14. The van der Waals surface area contributed by atoms with E-state index >= 15 is 0 Å². The van der Waals surface area contributed by atoms with Gasteiger partial charge in [-0.3, -0.25) is 9.59 Å².